The number of hydrogen-bond donors (Lipinski definition) is 0. The van der Waals surface area contributed by atoms with Crippen molar-refractivity contribution >= 4 is 30.3 Å². The molecule has 0 amide bonds. The summed E-state index contributed by atoms with van der Waals surface area (Å²) in [6, 6.07) is 20.4. The zero-order valence-corrected chi connectivity index (χ0v) is 27.0. The van der Waals surface area contributed by atoms with Crippen molar-refractivity contribution < 1.29 is 42.4 Å². The minimum Gasteiger partial charge on any atom is -0.405 e. The standard InChI is InChI=1S/C32H44O9Si/c1-21(33)25(34)27-29-28(40-31(5,36-8)32(6,37-9)41-29)26(35-7)24(39-27)20-38-42(30(2,3)4,22-16-12-10-13-17-22)23-18-14-11-15-19-23/h10-19,24,26-29H,20H2,1-9H3/t24-,26-,27-,28+,29+,31-,32-/m1/s1. The van der Waals surface area contributed by atoms with E-state index in [1.807, 2.05) is 36.4 Å². The highest BCUT2D eigenvalue weighted by atomic mass is 28.4. The minimum atomic E-state index is -2.96. The van der Waals surface area contributed by atoms with Gasteiger partial charge >= 0.3 is 0 Å². The number of fused-ring (bicyclic) bond motifs is 1. The molecule has 2 aromatic rings. The Balaban J connectivity index is 1.78. The molecule has 9 nitrogen and oxygen atoms in total. The van der Waals surface area contributed by atoms with E-state index in [1.54, 1.807) is 21.0 Å². The highest BCUT2D eigenvalue weighted by molar-refractivity contribution is 6.99. The summed E-state index contributed by atoms with van der Waals surface area (Å²) in [4.78, 5) is 25.6. The lowest BCUT2D eigenvalue weighted by molar-refractivity contribution is -0.470. The molecule has 2 heterocycles. The first kappa shape index (κ1) is 32.6. The minimum absolute atomic E-state index is 0.0747. The van der Waals surface area contributed by atoms with E-state index < -0.39 is 62.0 Å². The predicted molar refractivity (Wildman–Crippen MR) is 159 cm³/mol. The SMILES string of the molecule is CO[C@H]1[C@@H]2O[C@@](C)(OC)[C@](C)(OC)O[C@H]2[C@@H](C(=O)C(C)=O)O[C@@H]1CO[Si](c1ccccc1)(c1ccccc1)C(C)(C)C. The van der Waals surface area contributed by atoms with E-state index >= 15 is 0 Å². The fourth-order valence-electron chi connectivity index (χ4n) is 6.18. The quantitative estimate of drug-likeness (QED) is 0.301. The summed E-state index contributed by atoms with van der Waals surface area (Å²) in [5.41, 5.74) is 0. The second-order valence-corrected chi connectivity index (χ2v) is 16.5. The van der Waals surface area contributed by atoms with Gasteiger partial charge < -0.3 is 32.8 Å². The summed E-state index contributed by atoms with van der Waals surface area (Å²) in [6.07, 6.45) is -4.59. The first-order chi connectivity index (χ1) is 19.8. The van der Waals surface area contributed by atoms with Gasteiger partial charge in [0.05, 0.1) is 6.61 Å². The molecule has 7 atom stereocenters. The fraction of sp³-hybridized carbons (Fsp3) is 0.562. The molecule has 0 unspecified atom stereocenters. The topological polar surface area (TPSA) is 98.8 Å². The molecule has 4 rings (SSSR count). The number of carbonyl (C=O) groups excluding carboxylic acids is 2. The zero-order chi connectivity index (χ0) is 30.9. The van der Waals surface area contributed by atoms with Crippen molar-refractivity contribution in [3.63, 3.8) is 0 Å². The summed E-state index contributed by atoms with van der Waals surface area (Å²) < 4.78 is 43.8. The second kappa shape index (κ2) is 12.4. The Labute approximate surface area is 249 Å². The van der Waals surface area contributed by atoms with E-state index in [1.165, 1.54) is 21.1 Å². The van der Waals surface area contributed by atoms with E-state index in [-0.39, 0.29) is 11.6 Å². The Hall–Kier alpha value is -2.28. The van der Waals surface area contributed by atoms with E-state index in [9.17, 15) is 9.59 Å². The van der Waals surface area contributed by atoms with Crippen molar-refractivity contribution in [3.8, 4) is 0 Å². The number of ketones is 2. The van der Waals surface area contributed by atoms with Crippen LogP contribution in [0, 0.1) is 0 Å². The van der Waals surface area contributed by atoms with Gasteiger partial charge in [-0.2, -0.15) is 0 Å². The Morgan fingerprint density at radius 2 is 1.31 bits per heavy atom. The van der Waals surface area contributed by atoms with Gasteiger partial charge in [-0.3, -0.25) is 9.59 Å². The molecule has 2 aliphatic rings. The first-order valence-corrected chi connectivity index (χ1v) is 16.1. The molecule has 0 aromatic heterocycles. The highest BCUT2D eigenvalue weighted by Crippen LogP contribution is 2.45. The van der Waals surface area contributed by atoms with Crippen molar-refractivity contribution in [3.05, 3.63) is 60.7 Å². The van der Waals surface area contributed by atoms with Gasteiger partial charge in [0.2, 0.25) is 17.4 Å². The van der Waals surface area contributed by atoms with Gasteiger partial charge in [-0.15, -0.1) is 0 Å². The molecular weight excluding hydrogens is 556 g/mol. The lowest BCUT2D eigenvalue weighted by Crippen LogP contribution is -2.74. The zero-order valence-electron chi connectivity index (χ0n) is 26.0. The van der Waals surface area contributed by atoms with Crippen LogP contribution in [0.1, 0.15) is 41.5 Å². The van der Waals surface area contributed by atoms with Crippen LogP contribution in [0.15, 0.2) is 60.7 Å². The molecule has 0 bridgehead atoms. The number of rotatable bonds is 10. The Bertz CT molecular complexity index is 1190. The lowest BCUT2D eigenvalue weighted by Gasteiger charge is -2.57. The number of carbonyl (C=O) groups is 2. The molecular formula is C32H44O9Si. The molecule has 42 heavy (non-hydrogen) atoms. The average molecular weight is 601 g/mol. The van der Waals surface area contributed by atoms with Crippen LogP contribution >= 0.6 is 0 Å². The third-order valence-corrected chi connectivity index (χ3v) is 13.7. The van der Waals surface area contributed by atoms with Gasteiger partial charge in [-0.1, -0.05) is 81.4 Å². The average Bonchev–Trinajstić information content (AvgIpc) is 2.97. The maximum absolute atomic E-state index is 13.3. The first-order valence-electron chi connectivity index (χ1n) is 14.2. The van der Waals surface area contributed by atoms with Gasteiger partial charge in [0.15, 0.2) is 11.9 Å². The largest absolute Gasteiger partial charge is 0.405 e. The van der Waals surface area contributed by atoms with Gasteiger partial charge in [0.1, 0.15) is 24.4 Å². The van der Waals surface area contributed by atoms with Gasteiger partial charge in [-0.25, -0.2) is 0 Å². The Morgan fingerprint density at radius 3 is 1.71 bits per heavy atom. The number of methoxy groups -OCH3 is 3. The van der Waals surface area contributed by atoms with Crippen molar-refractivity contribution in [2.45, 2.75) is 88.7 Å². The third kappa shape index (κ3) is 5.55. The van der Waals surface area contributed by atoms with E-state index in [4.69, 9.17) is 32.8 Å². The second-order valence-electron chi connectivity index (χ2n) is 12.2. The number of hydrogen-bond acceptors (Lipinski definition) is 9. The van der Waals surface area contributed by atoms with Crippen LogP contribution in [0.3, 0.4) is 0 Å². The smallest absolute Gasteiger partial charge is 0.261 e. The van der Waals surface area contributed by atoms with Crippen LogP contribution in [0.4, 0.5) is 0 Å². The molecule has 2 fully saturated rings. The van der Waals surface area contributed by atoms with Crippen molar-refractivity contribution in [1.29, 1.82) is 0 Å². The normalized spacial score (nSPS) is 31.8. The Kier molecular flexibility index (Phi) is 9.61. The molecule has 0 aliphatic carbocycles. The van der Waals surface area contributed by atoms with Gasteiger partial charge in [0.25, 0.3) is 8.32 Å². The maximum Gasteiger partial charge on any atom is 0.261 e. The van der Waals surface area contributed by atoms with Crippen molar-refractivity contribution in [2.24, 2.45) is 0 Å². The molecule has 2 saturated heterocycles. The van der Waals surface area contributed by atoms with Crippen LogP contribution in [0.25, 0.3) is 0 Å². The van der Waals surface area contributed by atoms with Crippen LogP contribution in [-0.2, 0) is 42.4 Å². The van der Waals surface area contributed by atoms with Crippen LogP contribution in [0.2, 0.25) is 5.04 Å². The molecule has 0 saturated carbocycles. The number of benzene rings is 2. The van der Waals surface area contributed by atoms with Crippen LogP contribution in [0.5, 0.6) is 0 Å². The van der Waals surface area contributed by atoms with E-state index in [0.29, 0.717) is 0 Å². The molecule has 2 aromatic carbocycles. The third-order valence-electron chi connectivity index (χ3n) is 8.72. The van der Waals surface area contributed by atoms with Crippen LogP contribution in [-0.4, -0.2) is 89.9 Å². The fourth-order valence-corrected chi connectivity index (χ4v) is 10.7. The summed E-state index contributed by atoms with van der Waals surface area (Å²) in [5, 5.41) is 1.91. The van der Waals surface area contributed by atoms with Crippen molar-refractivity contribution in [2.75, 3.05) is 27.9 Å². The monoisotopic (exact) mass is 600 g/mol. The molecule has 0 radical (unpaired) electrons. The highest BCUT2D eigenvalue weighted by Gasteiger charge is 2.64. The van der Waals surface area contributed by atoms with Crippen molar-refractivity contribution in [1.82, 2.24) is 0 Å². The summed E-state index contributed by atoms with van der Waals surface area (Å²) in [5.74, 6) is -4.13. The van der Waals surface area contributed by atoms with E-state index in [2.05, 4.69) is 45.0 Å². The molecule has 2 aliphatic heterocycles. The number of ether oxygens (including phenoxy) is 6. The lowest BCUT2D eigenvalue weighted by atomic mass is 9.88. The summed E-state index contributed by atoms with van der Waals surface area (Å²) in [7, 11) is 1.54. The van der Waals surface area contributed by atoms with Gasteiger partial charge in [0, 0.05) is 28.3 Å². The van der Waals surface area contributed by atoms with Gasteiger partial charge in [-0.05, 0) is 29.3 Å². The number of Topliss-reactive ketones (excluding diaryl/α,β-unsaturated/α-hetero) is 2. The summed E-state index contributed by atoms with van der Waals surface area (Å²) in [6.45, 7) is 11.2. The van der Waals surface area contributed by atoms with E-state index in [0.717, 1.165) is 10.4 Å². The Morgan fingerprint density at radius 1 is 0.833 bits per heavy atom. The van der Waals surface area contributed by atoms with Crippen LogP contribution < -0.4 is 10.4 Å². The predicted octanol–water partition coefficient (Wildman–Crippen LogP) is 3.01. The molecule has 0 spiro atoms. The molecule has 10 heteroatoms. The maximum atomic E-state index is 13.3. The molecule has 0 N–H and O–H groups in total. The molecule has 230 valence electrons. The summed E-state index contributed by atoms with van der Waals surface area (Å²) >= 11 is 0.